The Kier molecular flexibility index (Phi) is 3.06. The van der Waals surface area contributed by atoms with Crippen LogP contribution in [0.2, 0.25) is 0 Å². The number of amides is 1. The second-order valence-electron chi connectivity index (χ2n) is 3.91. The molecule has 0 bridgehead atoms. The highest BCUT2D eigenvalue weighted by atomic mass is 16.3. The molecule has 88 valence electrons. The number of benzene rings is 1. The molecule has 4 nitrogen and oxygen atoms in total. The minimum atomic E-state index is -0.496. The molecule has 0 aliphatic rings. The number of hydrogen-bond donors (Lipinski definition) is 2. The number of aliphatic hydroxyl groups is 1. The standard InChI is InChI=1S/C13H14N2O2/c1-8-12(13(14)17)10(6-7-16)9-4-2-3-5-11(9)15-8/h2-5,16H,6-7H2,1H3,(H2,14,17). The van der Waals surface area contributed by atoms with E-state index in [0.29, 0.717) is 17.7 Å². The molecule has 0 saturated heterocycles. The number of aliphatic hydroxyl groups excluding tert-OH is 1. The average molecular weight is 230 g/mol. The Bertz CT molecular complexity index is 579. The Morgan fingerprint density at radius 3 is 2.76 bits per heavy atom. The third-order valence-electron chi connectivity index (χ3n) is 2.79. The Hall–Kier alpha value is -1.94. The van der Waals surface area contributed by atoms with Crippen molar-refractivity contribution in [3.8, 4) is 0 Å². The molecule has 2 rings (SSSR count). The Labute approximate surface area is 99.1 Å². The van der Waals surface area contributed by atoms with Crippen molar-refractivity contribution in [1.82, 2.24) is 4.98 Å². The first-order chi connectivity index (χ1) is 8.15. The van der Waals surface area contributed by atoms with Gasteiger partial charge in [-0.15, -0.1) is 0 Å². The lowest BCUT2D eigenvalue weighted by Gasteiger charge is -2.12. The van der Waals surface area contributed by atoms with Gasteiger partial charge in [-0.2, -0.15) is 0 Å². The average Bonchev–Trinajstić information content (AvgIpc) is 2.28. The maximum atomic E-state index is 11.5. The van der Waals surface area contributed by atoms with E-state index in [0.717, 1.165) is 16.5 Å². The molecule has 4 heteroatoms. The fourth-order valence-electron chi connectivity index (χ4n) is 2.11. The highest BCUT2D eigenvalue weighted by molar-refractivity contribution is 6.00. The fraction of sp³-hybridized carbons (Fsp3) is 0.231. The zero-order chi connectivity index (χ0) is 12.4. The molecular weight excluding hydrogens is 216 g/mol. The number of hydrogen-bond acceptors (Lipinski definition) is 3. The number of aryl methyl sites for hydroxylation is 1. The SMILES string of the molecule is Cc1nc2ccccc2c(CCO)c1C(N)=O. The molecule has 0 spiro atoms. The zero-order valence-electron chi connectivity index (χ0n) is 9.60. The molecule has 3 N–H and O–H groups in total. The highest BCUT2D eigenvalue weighted by Gasteiger charge is 2.15. The molecule has 17 heavy (non-hydrogen) atoms. The molecule has 0 atom stereocenters. The molecule has 0 aliphatic carbocycles. The summed E-state index contributed by atoms with van der Waals surface area (Å²) in [7, 11) is 0. The molecule has 0 aliphatic heterocycles. The highest BCUT2D eigenvalue weighted by Crippen LogP contribution is 2.23. The molecule has 1 aromatic carbocycles. The van der Waals surface area contributed by atoms with Crippen molar-refractivity contribution >= 4 is 16.8 Å². The summed E-state index contributed by atoms with van der Waals surface area (Å²) in [6.07, 6.45) is 0.405. The summed E-state index contributed by atoms with van der Waals surface area (Å²) >= 11 is 0. The van der Waals surface area contributed by atoms with E-state index in [1.54, 1.807) is 6.92 Å². The van der Waals surface area contributed by atoms with E-state index >= 15 is 0 Å². The van der Waals surface area contributed by atoms with E-state index < -0.39 is 5.91 Å². The number of fused-ring (bicyclic) bond motifs is 1. The minimum Gasteiger partial charge on any atom is -0.396 e. The van der Waals surface area contributed by atoms with Gasteiger partial charge in [0.2, 0.25) is 0 Å². The van der Waals surface area contributed by atoms with E-state index in [1.807, 2.05) is 24.3 Å². The van der Waals surface area contributed by atoms with Gasteiger partial charge in [-0.25, -0.2) is 0 Å². The monoisotopic (exact) mass is 230 g/mol. The van der Waals surface area contributed by atoms with Crippen molar-refractivity contribution in [2.45, 2.75) is 13.3 Å². The Balaban J connectivity index is 2.83. The van der Waals surface area contributed by atoms with Crippen LogP contribution in [0.3, 0.4) is 0 Å². The number of carbonyl (C=O) groups is 1. The van der Waals surface area contributed by atoms with Crippen LogP contribution in [0.4, 0.5) is 0 Å². The summed E-state index contributed by atoms with van der Waals surface area (Å²) in [6.45, 7) is 1.74. The summed E-state index contributed by atoms with van der Waals surface area (Å²) in [5, 5.41) is 9.98. The molecule has 2 aromatic rings. The van der Waals surface area contributed by atoms with Gasteiger partial charge in [0.25, 0.3) is 5.91 Å². The van der Waals surface area contributed by atoms with Crippen molar-refractivity contribution in [2.75, 3.05) is 6.61 Å². The van der Waals surface area contributed by atoms with Crippen molar-refractivity contribution in [2.24, 2.45) is 5.73 Å². The van der Waals surface area contributed by atoms with Crippen molar-refractivity contribution < 1.29 is 9.90 Å². The summed E-state index contributed by atoms with van der Waals surface area (Å²) in [5.74, 6) is -0.496. The van der Waals surface area contributed by atoms with Gasteiger partial charge in [0.05, 0.1) is 16.8 Å². The van der Waals surface area contributed by atoms with Gasteiger partial charge < -0.3 is 10.8 Å². The maximum absolute atomic E-state index is 11.5. The lowest BCUT2D eigenvalue weighted by molar-refractivity contribution is 0.0998. The Morgan fingerprint density at radius 1 is 1.41 bits per heavy atom. The van der Waals surface area contributed by atoms with E-state index in [2.05, 4.69) is 4.98 Å². The smallest absolute Gasteiger partial charge is 0.250 e. The van der Waals surface area contributed by atoms with E-state index in [9.17, 15) is 4.79 Å². The first-order valence-electron chi connectivity index (χ1n) is 5.44. The van der Waals surface area contributed by atoms with Gasteiger partial charge in [0.1, 0.15) is 0 Å². The van der Waals surface area contributed by atoms with E-state index in [1.165, 1.54) is 0 Å². The Morgan fingerprint density at radius 2 is 2.12 bits per heavy atom. The summed E-state index contributed by atoms with van der Waals surface area (Å²) in [4.78, 5) is 15.8. The number of para-hydroxylation sites is 1. The predicted octanol–water partition coefficient (Wildman–Crippen LogP) is 1.18. The zero-order valence-corrected chi connectivity index (χ0v) is 9.60. The first kappa shape index (κ1) is 11.5. The van der Waals surface area contributed by atoms with Crippen LogP contribution in [0, 0.1) is 6.92 Å². The van der Waals surface area contributed by atoms with Crippen molar-refractivity contribution in [3.05, 3.63) is 41.1 Å². The lowest BCUT2D eigenvalue weighted by Crippen LogP contribution is -2.17. The molecule has 1 aromatic heterocycles. The van der Waals surface area contributed by atoms with Crippen LogP contribution >= 0.6 is 0 Å². The van der Waals surface area contributed by atoms with Gasteiger partial charge in [-0.1, -0.05) is 18.2 Å². The van der Waals surface area contributed by atoms with Crippen LogP contribution in [0.25, 0.3) is 10.9 Å². The number of rotatable bonds is 3. The van der Waals surface area contributed by atoms with Crippen LogP contribution < -0.4 is 5.73 Å². The molecule has 1 heterocycles. The largest absolute Gasteiger partial charge is 0.396 e. The molecule has 0 radical (unpaired) electrons. The van der Waals surface area contributed by atoms with Crippen LogP contribution in [0.1, 0.15) is 21.6 Å². The number of nitrogens with zero attached hydrogens (tertiary/aromatic N) is 1. The summed E-state index contributed by atoms with van der Waals surface area (Å²) in [6, 6.07) is 7.54. The van der Waals surface area contributed by atoms with Crippen molar-refractivity contribution in [1.29, 1.82) is 0 Å². The predicted molar refractivity (Wildman–Crippen MR) is 65.8 cm³/mol. The fourth-order valence-corrected chi connectivity index (χ4v) is 2.11. The second-order valence-corrected chi connectivity index (χ2v) is 3.91. The maximum Gasteiger partial charge on any atom is 0.250 e. The third-order valence-corrected chi connectivity index (χ3v) is 2.79. The van der Waals surface area contributed by atoms with Gasteiger partial charge >= 0.3 is 0 Å². The first-order valence-corrected chi connectivity index (χ1v) is 5.44. The number of primary amides is 1. The quantitative estimate of drug-likeness (QED) is 0.831. The number of aromatic nitrogens is 1. The number of carbonyl (C=O) groups excluding carboxylic acids is 1. The minimum absolute atomic E-state index is 0.0201. The normalized spacial score (nSPS) is 10.7. The molecular formula is C13H14N2O2. The number of pyridine rings is 1. The van der Waals surface area contributed by atoms with Gasteiger partial charge in [-0.05, 0) is 25.0 Å². The van der Waals surface area contributed by atoms with Crippen LogP contribution in [0.15, 0.2) is 24.3 Å². The summed E-state index contributed by atoms with van der Waals surface area (Å²) < 4.78 is 0. The third kappa shape index (κ3) is 1.99. The van der Waals surface area contributed by atoms with Gasteiger partial charge in [0.15, 0.2) is 0 Å². The van der Waals surface area contributed by atoms with Gasteiger partial charge in [-0.3, -0.25) is 9.78 Å². The van der Waals surface area contributed by atoms with E-state index in [4.69, 9.17) is 10.8 Å². The molecule has 1 amide bonds. The van der Waals surface area contributed by atoms with Gasteiger partial charge in [0, 0.05) is 12.0 Å². The number of nitrogens with two attached hydrogens (primary N) is 1. The second kappa shape index (κ2) is 4.51. The lowest BCUT2D eigenvalue weighted by atomic mass is 9.98. The molecule has 0 saturated carbocycles. The van der Waals surface area contributed by atoms with E-state index in [-0.39, 0.29) is 6.61 Å². The molecule has 0 fully saturated rings. The van der Waals surface area contributed by atoms with Crippen LogP contribution in [-0.4, -0.2) is 22.6 Å². The summed E-state index contributed by atoms with van der Waals surface area (Å²) in [5.41, 5.74) is 8.01. The van der Waals surface area contributed by atoms with Crippen molar-refractivity contribution in [3.63, 3.8) is 0 Å². The molecule has 0 unspecified atom stereocenters. The van der Waals surface area contributed by atoms with Crippen LogP contribution in [-0.2, 0) is 6.42 Å². The van der Waals surface area contributed by atoms with Crippen LogP contribution in [0.5, 0.6) is 0 Å². The topological polar surface area (TPSA) is 76.2 Å².